The number of rotatable bonds is 7. The van der Waals surface area contributed by atoms with E-state index in [9.17, 15) is 25.2 Å². The van der Waals surface area contributed by atoms with E-state index in [0.29, 0.717) is 33.3 Å². The number of halogens is 2. The number of nitrogens with one attached hydrogen (secondary N) is 1. The number of aromatic nitrogens is 1. The van der Waals surface area contributed by atoms with Gasteiger partial charge in [-0.2, -0.15) is 0 Å². The quantitative estimate of drug-likeness (QED) is 0.290. The van der Waals surface area contributed by atoms with Gasteiger partial charge in [-0.3, -0.25) is 4.79 Å². The third kappa shape index (κ3) is 6.05. The summed E-state index contributed by atoms with van der Waals surface area (Å²) in [6, 6.07) is 9.58. The summed E-state index contributed by atoms with van der Waals surface area (Å²) in [5, 5.41) is 44.5. The summed E-state index contributed by atoms with van der Waals surface area (Å²) in [7, 11) is 0. The lowest BCUT2D eigenvalue weighted by atomic mass is 9.96. The van der Waals surface area contributed by atoms with Crippen LogP contribution in [0.2, 0.25) is 10.0 Å². The zero-order valence-electron chi connectivity index (χ0n) is 21.2. The molecule has 0 bridgehead atoms. The van der Waals surface area contributed by atoms with Gasteiger partial charge in [0.05, 0.1) is 33.8 Å². The SMILES string of the molecule is O=C(N[C@H]1C(O)OC(CO)[C@@H](O)C1O)c1cn(Cc2ccc(Cl)c(Cl)c2)c2cc(OC3CCCCC3)ccc12. The van der Waals surface area contributed by atoms with Crippen molar-refractivity contribution in [1.82, 2.24) is 9.88 Å². The van der Waals surface area contributed by atoms with E-state index in [1.54, 1.807) is 18.3 Å². The van der Waals surface area contributed by atoms with E-state index in [1.807, 2.05) is 28.8 Å². The number of amides is 1. The topological polar surface area (TPSA) is 133 Å². The molecule has 3 aromatic rings. The highest BCUT2D eigenvalue weighted by atomic mass is 35.5. The number of fused-ring (bicyclic) bond motifs is 1. The molecular weight excluding hydrogens is 547 g/mol. The maximum atomic E-state index is 13.4. The molecule has 1 aliphatic heterocycles. The van der Waals surface area contributed by atoms with Crippen molar-refractivity contribution in [2.45, 2.75) is 75.4 Å². The van der Waals surface area contributed by atoms with Crippen LogP contribution in [0.15, 0.2) is 42.6 Å². The van der Waals surface area contributed by atoms with Gasteiger partial charge in [-0.1, -0.05) is 35.7 Å². The Hall–Kier alpha value is -2.37. The average Bonchev–Trinajstić information content (AvgIpc) is 3.28. The second-order valence-corrected chi connectivity index (χ2v) is 11.0. The predicted molar refractivity (Wildman–Crippen MR) is 146 cm³/mol. The second-order valence-electron chi connectivity index (χ2n) is 10.2. The molecule has 0 spiro atoms. The Balaban J connectivity index is 1.46. The van der Waals surface area contributed by atoms with Crippen molar-refractivity contribution in [1.29, 1.82) is 0 Å². The first kappa shape index (κ1) is 28.2. The Kier molecular flexibility index (Phi) is 8.68. The first-order chi connectivity index (χ1) is 18.7. The third-order valence-corrected chi connectivity index (χ3v) is 8.23. The molecule has 1 aliphatic carbocycles. The molecule has 5 atom stereocenters. The van der Waals surface area contributed by atoms with E-state index >= 15 is 0 Å². The van der Waals surface area contributed by atoms with Crippen LogP contribution in [0.3, 0.4) is 0 Å². The summed E-state index contributed by atoms with van der Waals surface area (Å²) in [6.07, 6.45) is 1.53. The molecule has 210 valence electrons. The fourth-order valence-corrected chi connectivity index (χ4v) is 5.67. The smallest absolute Gasteiger partial charge is 0.253 e. The number of carbonyl (C=O) groups is 1. The van der Waals surface area contributed by atoms with E-state index in [1.165, 1.54) is 6.42 Å². The minimum absolute atomic E-state index is 0.154. The zero-order chi connectivity index (χ0) is 27.7. The number of hydrogen-bond acceptors (Lipinski definition) is 7. The number of aliphatic hydroxyl groups excluding tert-OH is 4. The van der Waals surface area contributed by atoms with Crippen LogP contribution in [0, 0.1) is 0 Å². The summed E-state index contributed by atoms with van der Waals surface area (Å²) in [5.41, 5.74) is 1.92. The van der Waals surface area contributed by atoms with Gasteiger partial charge in [-0.15, -0.1) is 0 Å². The highest BCUT2D eigenvalue weighted by Crippen LogP contribution is 2.31. The third-order valence-electron chi connectivity index (χ3n) is 7.49. The van der Waals surface area contributed by atoms with Crippen LogP contribution < -0.4 is 10.1 Å². The summed E-state index contributed by atoms with van der Waals surface area (Å²) >= 11 is 12.3. The van der Waals surface area contributed by atoms with Crippen LogP contribution in [0.1, 0.15) is 48.0 Å². The van der Waals surface area contributed by atoms with Gasteiger partial charge < -0.3 is 39.8 Å². The molecule has 1 amide bonds. The fraction of sp³-hybridized carbons (Fsp3) is 0.464. The maximum absolute atomic E-state index is 13.4. The molecule has 2 aromatic carbocycles. The molecular formula is C28H32Cl2N2O7. The van der Waals surface area contributed by atoms with Crippen LogP contribution in [0.4, 0.5) is 0 Å². The number of hydrogen-bond donors (Lipinski definition) is 5. The molecule has 9 nitrogen and oxygen atoms in total. The van der Waals surface area contributed by atoms with Gasteiger partial charge in [0.2, 0.25) is 0 Å². The Morgan fingerprint density at radius 1 is 1.03 bits per heavy atom. The van der Waals surface area contributed by atoms with E-state index in [0.717, 1.165) is 36.8 Å². The summed E-state index contributed by atoms with van der Waals surface area (Å²) in [4.78, 5) is 13.4. The maximum Gasteiger partial charge on any atom is 0.253 e. The predicted octanol–water partition coefficient (Wildman–Crippen LogP) is 3.24. The van der Waals surface area contributed by atoms with Gasteiger partial charge in [-0.05, 0) is 55.5 Å². The molecule has 1 saturated heterocycles. The average molecular weight is 579 g/mol. The van der Waals surface area contributed by atoms with Gasteiger partial charge in [0.15, 0.2) is 6.29 Å². The zero-order valence-corrected chi connectivity index (χ0v) is 22.7. The van der Waals surface area contributed by atoms with Crippen molar-refractivity contribution in [3.63, 3.8) is 0 Å². The molecule has 5 rings (SSSR count). The molecule has 11 heteroatoms. The minimum Gasteiger partial charge on any atom is -0.490 e. The Labute approximate surface area is 235 Å². The normalized spacial score (nSPS) is 26.1. The van der Waals surface area contributed by atoms with Gasteiger partial charge in [-0.25, -0.2) is 0 Å². The van der Waals surface area contributed by atoms with Crippen molar-refractivity contribution in [2.24, 2.45) is 0 Å². The van der Waals surface area contributed by atoms with Crippen LogP contribution in [0.5, 0.6) is 5.75 Å². The number of aliphatic hydroxyl groups is 4. The van der Waals surface area contributed by atoms with Crippen LogP contribution in [-0.2, 0) is 11.3 Å². The van der Waals surface area contributed by atoms with Gasteiger partial charge >= 0.3 is 0 Å². The first-order valence-corrected chi connectivity index (χ1v) is 13.9. The molecule has 3 unspecified atom stereocenters. The molecule has 0 radical (unpaired) electrons. The Morgan fingerprint density at radius 3 is 2.51 bits per heavy atom. The standard InChI is InChI=1S/C28H32Cl2N2O7/c29-20-9-6-15(10-21(20)30)12-32-13-19(27(36)31-24-26(35)25(34)23(14-33)39-28(24)37)18-8-7-17(11-22(18)32)38-16-4-2-1-3-5-16/h6-11,13,16,23-26,28,33-35,37H,1-5,12,14H2,(H,31,36)/t23?,24-,25-,26?,28?/m1/s1. The van der Waals surface area contributed by atoms with E-state index in [2.05, 4.69) is 5.32 Å². The van der Waals surface area contributed by atoms with Crippen molar-refractivity contribution < 1.29 is 34.7 Å². The largest absolute Gasteiger partial charge is 0.490 e. The van der Waals surface area contributed by atoms with Crippen molar-refractivity contribution in [2.75, 3.05) is 6.61 Å². The molecule has 1 saturated carbocycles. The number of carbonyl (C=O) groups excluding carboxylic acids is 1. The molecule has 2 fully saturated rings. The molecule has 5 N–H and O–H groups in total. The lowest BCUT2D eigenvalue weighted by Crippen LogP contribution is -2.64. The highest BCUT2D eigenvalue weighted by Gasteiger charge is 2.44. The highest BCUT2D eigenvalue weighted by molar-refractivity contribution is 6.42. The van der Waals surface area contributed by atoms with E-state index in [4.69, 9.17) is 32.7 Å². The molecule has 2 aliphatic rings. The lowest BCUT2D eigenvalue weighted by Gasteiger charge is -2.40. The Bertz CT molecular complexity index is 1330. The van der Waals surface area contributed by atoms with E-state index in [-0.39, 0.29) is 6.10 Å². The van der Waals surface area contributed by atoms with Gasteiger partial charge in [0.1, 0.15) is 30.1 Å². The summed E-state index contributed by atoms with van der Waals surface area (Å²) in [6.45, 7) is -0.203. The number of ether oxygens (including phenoxy) is 2. The van der Waals surface area contributed by atoms with Crippen molar-refractivity contribution >= 4 is 40.0 Å². The summed E-state index contributed by atoms with van der Waals surface area (Å²) < 4.78 is 13.4. The fourth-order valence-electron chi connectivity index (χ4n) is 5.35. The van der Waals surface area contributed by atoms with Gasteiger partial charge in [0.25, 0.3) is 5.91 Å². The van der Waals surface area contributed by atoms with Gasteiger partial charge in [0, 0.05) is 24.2 Å². The van der Waals surface area contributed by atoms with Crippen molar-refractivity contribution in [3.8, 4) is 5.75 Å². The molecule has 1 aromatic heterocycles. The van der Waals surface area contributed by atoms with Crippen LogP contribution >= 0.6 is 23.2 Å². The monoisotopic (exact) mass is 578 g/mol. The molecule has 2 heterocycles. The van der Waals surface area contributed by atoms with Crippen LogP contribution in [0.25, 0.3) is 10.9 Å². The first-order valence-electron chi connectivity index (χ1n) is 13.1. The second kappa shape index (κ2) is 12.0. The minimum atomic E-state index is -1.62. The van der Waals surface area contributed by atoms with Crippen LogP contribution in [-0.4, -0.2) is 74.3 Å². The number of nitrogens with zero attached hydrogens (tertiary/aromatic N) is 1. The lowest BCUT2D eigenvalue weighted by molar-refractivity contribution is -0.252. The van der Waals surface area contributed by atoms with E-state index < -0.39 is 43.2 Å². The van der Waals surface area contributed by atoms with Crippen molar-refractivity contribution in [3.05, 3.63) is 63.8 Å². The number of benzene rings is 2. The Morgan fingerprint density at radius 2 is 1.79 bits per heavy atom. The molecule has 39 heavy (non-hydrogen) atoms. The summed E-state index contributed by atoms with van der Waals surface area (Å²) in [5.74, 6) is 0.134.